The molecule has 0 aromatic heterocycles. The van der Waals surface area contributed by atoms with Crippen LogP contribution in [0, 0.1) is 0 Å². The molecule has 0 aliphatic carbocycles. The van der Waals surface area contributed by atoms with Crippen LogP contribution >= 0.6 is 0 Å². The minimum absolute atomic E-state index is 0.105. The Morgan fingerprint density at radius 1 is 0.529 bits per heavy atom. The van der Waals surface area contributed by atoms with E-state index in [1.54, 1.807) is 0 Å². The first kappa shape index (κ1) is 24.2. The third kappa shape index (κ3) is 4.79. The van der Waals surface area contributed by atoms with E-state index in [0.29, 0.717) is 24.2 Å². The van der Waals surface area contributed by atoms with E-state index in [9.17, 15) is 9.59 Å². The second-order valence-electron chi connectivity index (χ2n) is 8.97. The van der Waals surface area contributed by atoms with Gasteiger partial charge in [-0.05, 0) is 37.8 Å². The zero-order chi connectivity index (χ0) is 23.9. The lowest BCUT2D eigenvalue weighted by molar-refractivity contribution is -0.114. The molecule has 2 aromatic rings. The summed E-state index contributed by atoms with van der Waals surface area (Å²) in [6.45, 7) is 1.59. The van der Waals surface area contributed by atoms with Crippen molar-refractivity contribution in [2.45, 2.75) is 51.4 Å². The average molecular weight is 463 g/mol. The van der Waals surface area contributed by atoms with Crippen molar-refractivity contribution in [1.82, 2.24) is 0 Å². The molecular weight excluding hydrogens is 428 g/mol. The molecule has 0 bridgehead atoms. The fourth-order valence-corrected chi connectivity index (χ4v) is 4.96. The minimum Gasteiger partial charge on any atom is -0.396 e. The molecule has 6 nitrogen and oxygen atoms in total. The first-order valence-electron chi connectivity index (χ1n) is 12.5. The first-order chi connectivity index (χ1) is 16.7. The minimum atomic E-state index is -0.105. The summed E-state index contributed by atoms with van der Waals surface area (Å²) in [5.41, 5.74) is 4.39. The van der Waals surface area contributed by atoms with Crippen LogP contribution in [0.25, 0.3) is 11.1 Å². The maximum absolute atomic E-state index is 13.7. The van der Waals surface area contributed by atoms with Crippen LogP contribution in [0.4, 0.5) is 11.4 Å². The van der Waals surface area contributed by atoms with Crippen molar-refractivity contribution in [3.63, 3.8) is 0 Å². The SMILES string of the molecule is O=C1/C(=C2/C(=O)N(CCCCCCO)c3ccccc32)c2ccccc2N1CCCCCCO. The van der Waals surface area contributed by atoms with Crippen molar-refractivity contribution in [3.8, 4) is 0 Å². The van der Waals surface area contributed by atoms with Gasteiger partial charge in [0.15, 0.2) is 0 Å². The first-order valence-corrected chi connectivity index (χ1v) is 12.5. The van der Waals surface area contributed by atoms with Gasteiger partial charge in [0.25, 0.3) is 11.8 Å². The zero-order valence-electron chi connectivity index (χ0n) is 19.7. The number of fused-ring (bicyclic) bond motifs is 2. The van der Waals surface area contributed by atoms with Crippen LogP contribution < -0.4 is 9.80 Å². The van der Waals surface area contributed by atoms with Gasteiger partial charge in [-0.15, -0.1) is 0 Å². The number of anilines is 2. The summed E-state index contributed by atoms with van der Waals surface area (Å²) in [6.07, 6.45) is 7.04. The van der Waals surface area contributed by atoms with Gasteiger partial charge < -0.3 is 20.0 Å². The van der Waals surface area contributed by atoms with Crippen LogP contribution in [-0.4, -0.2) is 48.3 Å². The Morgan fingerprint density at radius 3 is 1.32 bits per heavy atom. The van der Waals surface area contributed by atoms with Crippen molar-refractivity contribution in [2.75, 3.05) is 36.1 Å². The zero-order valence-corrected chi connectivity index (χ0v) is 19.7. The molecule has 4 rings (SSSR count). The van der Waals surface area contributed by atoms with E-state index in [2.05, 4.69) is 0 Å². The molecule has 2 amide bonds. The Morgan fingerprint density at radius 2 is 0.912 bits per heavy atom. The molecule has 2 N–H and O–H groups in total. The molecule has 0 atom stereocenters. The third-order valence-electron chi connectivity index (χ3n) is 6.68. The topological polar surface area (TPSA) is 81.1 Å². The molecule has 0 saturated heterocycles. The number of amides is 2. The van der Waals surface area contributed by atoms with Gasteiger partial charge in [-0.2, -0.15) is 0 Å². The molecule has 0 fully saturated rings. The van der Waals surface area contributed by atoms with E-state index in [-0.39, 0.29) is 25.0 Å². The molecule has 0 radical (unpaired) electrons. The van der Waals surface area contributed by atoms with E-state index in [4.69, 9.17) is 10.2 Å². The van der Waals surface area contributed by atoms with Crippen LogP contribution in [0.1, 0.15) is 62.5 Å². The number of unbranched alkanes of at least 4 members (excludes halogenated alkanes) is 6. The Hall–Kier alpha value is -2.96. The molecule has 0 unspecified atom stereocenters. The van der Waals surface area contributed by atoms with Crippen LogP contribution in [0.2, 0.25) is 0 Å². The van der Waals surface area contributed by atoms with Gasteiger partial charge in [-0.1, -0.05) is 62.1 Å². The summed E-state index contributed by atoms with van der Waals surface area (Å²) in [6, 6.07) is 15.5. The molecule has 180 valence electrons. The third-order valence-corrected chi connectivity index (χ3v) is 6.68. The van der Waals surface area contributed by atoms with E-state index in [1.807, 2.05) is 58.3 Å². The smallest absolute Gasteiger partial charge is 0.259 e. The molecular formula is C28H34N2O4. The summed E-state index contributed by atoms with van der Waals surface area (Å²) in [5, 5.41) is 18.0. The van der Waals surface area contributed by atoms with Crippen molar-refractivity contribution < 1.29 is 19.8 Å². The van der Waals surface area contributed by atoms with Crippen LogP contribution in [0.5, 0.6) is 0 Å². The highest BCUT2D eigenvalue weighted by molar-refractivity contribution is 6.49. The van der Waals surface area contributed by atoms with E-state index < -0.39 is 0 Å². The summed E-state index contributed by atoms with van der Waals surface area (Å²) in [7, 11) is 0. The molecule has 34 heavy (non-hydrogen) atoms. The Balaban J connectivity index is 1.64. The molecule has 0 saturated carbocycles. The Bertz CT molecular complexity index is 978. The van der Waals surface area contributed by atoms with Crippen molar-refractivity contribution >= 4 is 34.3 Å². The van der Waals surface area contributed by atoms with Gasteiger partial charge in [0, 0.05) is 37.4 Å². The lowest BCUT2D eigenvalue weighted by Gasteiger charge is -2.17. The monoisotopic (exact) mass is 462 g/mol. The van der Waals surface area contributed by atoms with Gasteiger partial charge in [-0.3, -0.25) is 9.59 Å². The van der Waals surface area contributed by atoms with Gasteiger partial charge in [-0.25, -0.2) is 0 Å². The standard InChI is InChI=1S/C28H34N2O4/c31-19-11-3-1-9-17-29-23-15-7-5-13-21(23)25(27(29)33)26-22-14-6-8-16-24(22)30(28(26)34)18-10-2-4-12-20-32/h5-8,13-16,31-32H,1-4,9-12,17-20H2/b26-25+. The maximum Gasteiger partial charge on any atom is 0.259 e. The highest BCUT2D eigenvalue weighted by atomic mass is 16.3. The number of hydrogen-bond acceptors (Lipinski definition) is 4. The Kier molecular flexibility index (Phi) is 8.14. The fraction of sp³-hybridized carbons (Fsp3) is 0.429. The normalized spacial score (nSPS) is 17.0. The van der Waals surface area contributed by atoms with Crippen LogP contribution in [-0.2, 0) is 9.59 Å². The number of benzene rings is 2. The van der Waals surface area contributed by atoms with Crippen LogP contribution in [0.15, 0.2) is 48.5 Å². The van der Waals surface area contributed by atoms with Crippen LogP contribution in [0.3, 0.4) is 0 Å². The average Bonchev–Trinajstić information content (AvgIpc) is 3.28. The predicted octanol–water partition coefficient (Wildman–Crippen LogP) is 4.40. The second kappa shape index (κ2) is 11.4. The summed E-state index contributed by atoms with van der Waals surface area (Å²) < 4.78 is 0. The lowest BCUT2D eigenvalue weighted by atomic mass is 9.96. The fourth-order valence-electron chi connectivity index (χ4n) is 4.96. The molecule has 6 heteroatoms. The number of carbonyl (C=O) groups excluding carboxylic acids is 2. The molecule has 0 spiro atoms. The van der Waals surface area contributed by atoms with Crippen molar-refractivity contribution in [3.05, 3.63) is 59.7 Å². The quantitative estimate of drug-likeness (QED) is 0.362. The number of hydrogen-bond donors (Lipinski definition) is 2. The lowest BCUT2D eigenvalue weighted by Crippen LogP contribution is -2.30. The highest BCUT2D eigenvalue weighted by Crippen LogP contribution is 2.46. The number of aliphatic hydroxyl groups excluding tert-OH is 2. The number of rotatable bonds is 12. The second-order valence-corrected chi connectivity index (χ2v) is 8.97. The van der Waals surface area contributed by atoms with Crippen molar-refractivity contribution in [1.29, 1.82) is 0 Å². The van der Waals surface area contributed by atoms with Gasteiger partial charge in [0.1, 0.15) is 0 Å². The number of para-hydroxylation sites is 2. The van der Waals surface area contributed by atoms with E-state index >= 15 is 0 Å². The predicted molar refractivity (Wildman–Crippen MR) is 136 cm³/mol. The molecule has 2 heterocycles. The maximum atomic E-state index is 13.7. The number of carbonyl (C=O) groups is 2. The number of aliphatic hydroxyl groups is 2. The molecule has 2 aromatic carbocycles. The van der Waals surface area contributed by atoms with E-state index in [0.717, 1.165) is 73.9 Å². The van der Waals surface area contributed by atoms with Gasteiger partial charge >= 0.3 is 0 Å². The van der Waals surface area contributed by atoms with Crippen molar-refractivity contribution in [2.24, 2.45) is 0 Å². The summed E-state index contributed by atoms with van der Waals surface area (Å²) >= 11 is 0. The van der Waals surface area contributed by atoms with Gasteiger partial charge in [0.05, 0.1) is 22.5 Å². The molecule has 2 aliphatic heterocycles. The highest BCUT2D eigenvalue weighted by Gasteiger charge is 2.41. The number of nitrogens with zero attached hydrogens (tertiary/aromatic N) is 2. The summed E-state index contributed by atoms with van der Waals surface area (Å²) in [4.78, 5) is 31.0. The Labute approximate surface area is 201 Å². The largest absolute Gasteiger partial charge is 0.396 e. The summed E-state index contributed by atoms with van der Waals surface area (Å²) in [5.74, 6) is -0.211. The van der Waals surface area contributed by atoms with E-state index in [1.165, 1.54) is 0 Å². The van der Waals surface area contributed by atoms with Gasteiger partial charge in [0.2, 0.25) is 0 Å². The molecule has 2 aliphatic rings.